The zero-order chi connectivity index (χ0) is 11.4. The summed E-state index contributed by atoms with van der Waals surface area (Å²) in [6.45, 7) is 4.09. The van der Waals surface area contributed by atoms with Gasteiger partial charge in [-0.2, -0.15) is 0 Å². The molecule has 1 fully saturated rings. The topological polar surface area (TPSA) is 38.0 Å². The standard InChI is InChI=1S/C13H22N2S/c1-11-4-6-13(10-14,7-5-11)15-9-12-3-2-8-16-12/h2-3,8,11,15H,4-7,9-10,14H2,1H3. The Morgan fingerprint density at radius 3 is 2.81 bits per heavy atom. The monoisotopic (exact) mass is 238 g/mol. The fraction of sp³-hybridized carbons (Fsp3) is 0.692. The molecular formula is C13H22N2S. The molecule has 2 rings (SSSR count). The van der Waals surface area contributed by atoms with Crippen molar-refractivity contribution < 1.29 is 0 Å². The van der Waals surface area contributed by atoms with Gasteiger partial charge < -0.3 is 11.1 Å². The molecule has 1 aliphatic rings. The van der Waals surface area contributed by atoms with Gasteiger partial charge in [-0.05, 0) is 43.0 Å². The van der Waals surface area contributed by atoms with Gasteiger partial charge in [0.25, 0.3) is 0 Å². The lowest BCUT2D eigenvalue weighted by atomic mass is 9.77. The summed E-state index contributed by atoms with van der Waals surface area (Å²) in [6.07, 6.45) is 5.09. The molecule has 0 unspecified atom stereocenters. The molecule has 0 amide bonds. The minimum Gasteiger partial charge on any atom is -0.329 e. The van der Waals surface area contributed by atoms with Crippen molar-refractivity contribution in [3.05, 3.63) is 22.4 Å². The SMILES string of the molecule is CC1CCC(CN)(NCc2cccs2)CC1. The maximum Gasteiger partial charge on any atom is 0.0307 e. The molecule has 2 nitrogen and oxygen atoms in total. The van der Waals surface area contributed by atoms with E-state index < -0.39 is 0 Å². The van der Waals surface area contributed by atoms with Gasteiger partial charge in [0.2, 0.25) is 0 Å². The highest BCUT2D eigenvalue weighted by atomic mass is 32.1. The molecule has 1 aromatic heterocycles. The van der Waals surface area contributed by atoms with E-state index in [-0.39, 0.29) is 5.54 Å². The quantitative estimate of drug-likeness (QED) is 0.846. The predicted octanol–water partition coefficient (Wildman–Crippen LogP) is 2.75. The van der Waals surface area contributed by atoms with Crippen molar-refractivity contribution in [3.8, 4) is 0 Å². The van der Waals surface area contributed by atoms with Gasteiger partial charge in [0.1, 0.15) is 0 Å². The molecule has 0 aromatic carbocycles. The summed E-state index contributed by atoms with van der Waals surface area (Å²) in [6, 6.07) is 4.30. The Labute approximate surface area is 102 Å². The van der Waals surface area contributed by atoms with Crippen LogP contribution in [0.25, 0.3) is 0 Å². The van der Waals surface area contributed by atoms with Crippen LogP contribution in [0.4, 0.5) is 0 Å². The molecule has 0 bridgehead atoms. The fourth-order valence-corrected chi connectivity index (χ4v) is 3.10. The second-order valence-electron chi connectivity index (χ2n) is 5.10. The molecule has 1 aromatic rings. The number of nitrogens with one attached hydrogen (secondary N) is 1. The molecule has 16 heavy (non-hydrogen) atoms. The van der Waals surface area contributed by atoms with E-state index in [9.17, 15) is 0 Å². The second kappa shape index (κ2) is 5.30. The smallest absolute Gasteiger partial charge is 0.0307 e. The molecule has 1 heterocycles. The van der Waals surface area contributed by atoms with E-state index in [0.29, 0.717) is 0 Å². The Bertz CT molecular complexity index is 300. The fourth-order valence-electron chi connectivity index (χ4n) is 2.46. The van der Waals surface area contributed by atoms with Crippen LogP contribution in [-0.4, -0.2) is 12.1 Å². The highest BCUT2D eigenvalue weighted by molar-refractivity contribution is 7.09. The van der Waals surface area contributed by atoms with E-state index in [2.05, 4.69) is 29.8 Å². The van der Waals surface area contributed by atoms with E-state index in [1.807, 2.05) is 11.3 Å². The van der Waals surface area contributed by atoms with Gasteiger partial charge in [0.15, 0.2) is 0 Å². The normalized spacial score (nSPS) is 30.5. The van der Waals surface area contributed by atoms with Crippen LogP contribution in [0.1, 0.15) is 37.5 Å². The number of hydrogen-bond donors (Lipinski definition) is 2. The molecule has 90 valence electrons. The molecule has 0 aliphatic heterocycles. The van der Waals surface area contributed by atoms with Crippen LogP contribution in [0, 0.1) is 5.92 Å². The Balaban J connectivity index is 1.89. The molecule has 3 heteroatoms. The summed E-state index contributed by atoms with van der Waals surface area (Å²) >= 11 is 1.82. The zero-order valence-electron chi connectivity index (χ0n) is 10.0. The maximum atomic E-state index is 5.96. The lowest BCUT2D eigenvalue weighted by Crippen LogP contribution is -2.52. The number of rotatable bonds is 4. The summed E-state index contributed by atoms with van der Waals surface area (Å²) in [4.78, 5) is 1.41. The van der Waals surface area contributed by atoms with Crippen LogP contribution >= 0.6 is 11.3 Å². The molecule has 3 N–H and O–H groups in total. The molecule has 0 atom stereocenters. The van der Waals surface area contributed by atoms with Crippen molar-refractivity contribution >= 4 is 11.3 Å². The minimum absolute atomic E-state index is 0.205. The average Bonchev–Trinajstić information content (AvgIpc) is 2.82. The van der Waals surface area contributed by atoms with Gasteiger partial charge in [-0.3, -0.25) is 0 Å². The first kappa shape index (κ1) is 12.1. The van der Waals surface area contributed by atoms with E-state index in [4.69, 9.17) is 5.73 Å². The third-order valence-electron chi connectivity index (χ3n) is 3.84. The number of hydrogen-bond acceptors (Lipinski definition) is 3. The van der Waals surface area contributed by atoms with Gasteiger partial charge in [-0.25, -0.2) is 0 Å². The first-order valence-corrected chi connectivity index (χ1v) is 7.09. The second-order valence-corrected chi connectivity index (χ2v) is 6.13. The van der Waals surface area contributed by atoms with Crippen LogP contribution in [-0.2, 0) is 6.54 Å². The highest BCUT2D eigenvalue weighted by Gasteiger charge is 2.32. The highest BCUT2D eigenvalue weighted by Crippen LogP contribution is 2.31. The van der Waals surface area contributed by atoms with E-state index in [1.54, 1.807) is 0 Å². The third kappa shape index (κ3) is 2.84. The zero-order valence-corrected chi connectivity index (χ0v) is 10.9. The van der Waals surface area contributed by atoms with Crippen molar-refractivity contribution in [1.82, 2.24) is 5.32 Å². The first-order chi connectivity index (χ1) is 7.74. The number of nitrogens with two attached hydrogens (primary N) is 1. The van der Waals surface area contributed by atoms with Crippen LogP contribution in [0.15, 0.2) is 17.5 Å². The van der Waals surface area contributed by atoms with Crippen molar-refractivity contribution in [2.45, 2.75) is 44.7 Å². The van der Waals surface area contributed by atoms with Crippen molar-refractivity contribution in [2.24, 2.45) is 11.7 Å². The van der Waals surface area contributed by atoms with Gasteiger partial charge in [0.05, 0.1) is 0 Å². The average molecular weight is 238 g/mol. The molecule has 1 aliphatic carbocycles. The summed E-state index contributed by atoms with van der Waals surface area (Å²) in [5, 5.41) is 5.83. The van der Waals surface area contributed by atoms with Crippen molar-refractivity contribution in [3.63, 3.8) is 0 Å². The molecule has 0 spiro atoms. The van der Waals surface area contributed by atoms with Gasteiger partial charge in [0, 0.05) is 23.5 Å². The number of thiophene rings is 1. The Morgan fingerprint density at radius 2 is 2.25 bits per heavy atom. The Kier molecular flexibility index (Phi) is 4.00. The summed E-state index contributed by atoms with van der Waals surface area (Å²) < 4.78 is 0. The van der Waals surface area contributed by atoms with E-state index in [1.165, 1.54) is 30.6 Å². The summed E-state index contributed by atoms with van der Waals surface area (Å²) in [5.41, 5.74) is 6.17. The Morgan fingerprint density at radius 1 is 1.50 bits per heavy atom. The molecule has 0 radical (unpaired) electrons. The van der Waals surface area contributed by atoms with Gasteiger partial charge in [-0.1, -0.05) is 13.0 Å². The first-order valence-electron chi connectivity index (χ1n) is 6.22. The van der Waals surface area contributed by atoms with Crippen molar-refractivity contribution in [2.75, 3.05) is 6.54 Å². The lowest BCUT2D eigenvalue weighted by molar-refractivity contribution is 0.200. The Hall–Kier alpha value is -0.380. The molecule has 1 saturated carbocycles. The van der Waals surface area contributed by atoms with E-state index in [0.717, 1.165) is 19.0 Å². The summed E-state index contributed by atoms with van der Waals surface area (Å²) in [5.74, 6) is 0.878. The largest absolute Gasteiger partial charge is 0.329 e. The van der Waals surface area contributed by atoms with Crippen molar-refractivity contribution in [1.29, 1.82) is 0 Å². The summed E-state index contributed by atoms with van der Waals surface area (Å²) in [7, 11) is 0. The van der Waals surface area contributed by atoms with Crippen LogP contribution < -0.4 is 11.1 Å². The molecule has 0 saturated heterocycles. The predicted molar refractivity (Wildman–Crippen MR) is 70.6 cm³/mol. The minimum atomic E-state index is 0.205. The van der Waals surface area contributed by atoms with Gasteiger partial charge in [-0.15, -0.1) is 11.3 Å². The van der Waals surface area contributed by atoms with Crippen LogP contribution in [0.5, 0.6) is 0 Å². The lowest BCUT2D eigenvalue weighted by Gasteiger charge is -2.39. The molecular weight excluding hydrogens is 216 g/mol. The van der Waals surface area contributed by atoms with Crippen LogP contribution in [0.2, 0.25) is 0 Å². The third-order valence-corrected chi connectivity index (χ3v) is 4.72. The van der Waals surface area contributed by atoms with Gasteiger partial charge >= 0.3 is 0 Å². The van der Waals surface area contributed by atoms with Crippen LogP contribution in [0.3, 0.4) is 0 Å². The van der Waals surface area contributed by atoms with E-state index >= 15 is 0 Å². The maximum absolute atomic E-state index is 5.96.